The Bertz CT molecular complexity index is 594. The summed E-state index contributed by atoms with van der Waals surface area (Å²) in [6.07, 6.45) is 5.82. The van der Waals surface area contributed by atoms with Gasteiger partial charge in [-0.25, -0.2) is 0 Å². The first-order valence-electron chi connectivity index (χ1n) is 8.37. The van der Waals surface area contributed by atoms with E-state index in [2.05, 4.69) is 35.6 Å². The molecule has 0 radical (unpaired) electrons. The maximum absolute atomic E-state index is 10.4. The maximum Gasteiger partial charge on any atom is 0.0914 e. The van der Waals surface area contributed by atoms with E-state index >= 15 is 0 Å². The fraction of sp³-hybridized carbons (Fsp3) is 0.400. The monoisotopic (exact) mass is 295 g/mol. The van der Waals surface area contributed by atoms with E-state index in [4.69, 9.17) is 0 Å². The average Bonchev–Trinajstić information content (AvgIpc) is 2.80. The van der Waals surface area contributed by atoms with Gasteiger partial charge in [0.25, 0.3) is 0 Å². The highest BCUT2D eigenvalue weighted by Gasteiger charge is 2.12. The van der Waals surface area contributed by atoms with Gasteiger partial charge in [0.1, 0.15) is 0 Å². The van der Waals surface area contributed by atoms with Crippen LogP contribution in [0.15, 0.2) is 48.5 Å². The molecule has 2 aromatic carbocycles. The Kier molecular flexibility index (Phi) is 5.25. The molecule has 0 bridgehead atoms. The smallest absolute Gasteiger partial charge is 0.0914 e. The molecule has 0 aromatic heterocycles. The third-order valence-electron chi connectivity index (χ3n) is 4.52. The van der Waals surface area contributed by atoms with Gasteiger partial charge in [0.15, 0.2) is 0 Å². The van der Waals surface area contributed by atoms with Crippen LogP contribution in [0.1, 0.15) is 47.6 Å². The summed E-state index contributed by atoms with van der Waals surface area (Å²) in [5.74, 6) is 0. The Hall–Kier alpha value is -1.64. The first-order chi connectivity index (χ1) is 10.8. The minimum atomic E-state index is -0.433. The van der Waals surface area contributed by atoms with Gasteiger partial charge in [0.05, 0.1) is 6.10 Å². The van der Waals surface area contributed by atoms with E-state index in [1.165, 1.54) is 42.4 Å². The van der Waals surface area contributed by atoms with Gasteiger partial charge in [-0.3, -0.25) is 0 Å². The Morgan fingerprint density at radius 2 is 1.68 bits per heavy atom. The van der Waals surface area contributed by atoms with E-state index in [-0.39, 0.29) is 0 Å². The number of aliphatic hydroxyl groups excluding tert-OH is 1. The lowest BCUT2D eigenvalue weighted by Gasteiger charge is -2.15. The zero-order valence-electron chi connectivity index (χ0n) is 13.1. The fourth-order valence-corrected chi connectivity index (χ4v) is 3.20. The van der Waals surface area contributed by atoms with Crippen molar-refractivity contribution in [2.24, 2.45) is 0 Å². The Labute approximate surface area is 133 Å². The lowest BCUT2D eigenvalue weighted by molar-refractivity contribution is 0.174. The molecule has 0 aliphatic heterocycles. The molecule has 1 aliphatic rings. The molecule has 2 N–H and O–H groups in total. The topological polar surface area (TPSA) is 32.3 Å². The predicted octanol–water partition coefficient (Wildman–Crippen LogP) is 3.78. The minimum absolute atomic E-state index is 0.433. The fourth-order valence-electron chi connectivity index (χ4n) is 3.20. The van der Waals surface area contributed by atoms with Gasteiger partial charge in [0.2, 0.25) is 0 Å². The lowest BCUT2D eigenvalue weighted by atomic mass is 9.98. The molecule has 3 rings (SSSR count). The molecule has 22 heavy (non-hydrogen) atoms. The molecule has 1 atom stereocenters. The van der Waals surface area contributed by atoms with E-state index in [0.29, 0.717) is 6.54 Å². The summed E-state index contributed by atoms with van der Waals surface area (Å²) in [7, 11) is 0. The molecular formula is C20H25NO. The third kappa shape index (κ3) is 3.96. The molecule has 0 amide bonds. The summed E-state index contributed by atoms with van der Waals surface area (Å²) in [6, 6.07) is 16.8. The van der Waals surface area contributed by atoms with Gasteiger partial charge >= 0.3 is 0 Å². The number of hydrogen-bond donors (Lipinski definition) is 2. The zero-order valence-corrected chi connectivity index (χ0v) is 13.1. The van der Waals surface area contributed by atoms with Crippen LogP contribution < -0.4 is 5.32 Å². The predicted molar refractivity (Wildman–Crippen MR) is 90.8 cm³/mol. The van der Waals surface area contributed by atoms with Crippen LogP contribution >= 0.6 is 0 Å². The standard InChI is InChI=1S/C20H25NO/c22-20(15-21-14-16-7-3-1-4-8-16)19-12-11-17-9-5-2-6-10-18(17)13-19/h1,3-4,7-8,11-13,20-22H,2,5-6,9-10,14-15H2. The summed E-state index contributed by atoms with van der Waals surface area (Å²) in [6.45, 7) is 1.39. The van der Waals surface area contributed by atoms with E-state index < -0.39 is 6.10 Å². The minimum Gasteiger partial charge on any atom is -0.387 e. The summed E-state index contributed by atoms with van der Waals surface area (Å²) in [5.41, 5.74) is 5.21. The second-order valence-corrected chi connectivity index (χ2v) is 6.22. The zero-order chi connectivity index (χ0) is 15.2. The number of aliphatic hydroxyl groups is 1. The summed E-state index contributed by atoms with van der Waals surface area (Å²) >= 11 is 0. The van der Waals surface area contributed by atoms with Crippen molar-refractivity contribution >= 4 is 0 Å². The highest BCUT2D eigenvalue weighted by molar-refractivity contribution is 5.34. The first-order valence-corrected chi connectivity index (χ1v) is 8.37. The van der Waals surface area contributed by atoms with Crippen molar-refractivity contribution in [3.63, 3.8) is 0 Å². The van der Waals surface area contributed by atoms with Crippen molar-refractivity contribution in [1.29, 1.82) is 0 Å². The molecule has 116 valence electrons. The number of rotatable bonds is 5. The van der Waals surface area contributed by atoms with Crippen LogP contribution in [0.5, 0.6) is 0 Å². The van der Waals surface area contributed by atoms with Crippen LogP contribution in [0, 0.1) is 0 Å². The number of hydrogen-bond acceptors (Lipinski definition) is 2. The molecule has 2 aromatic rings. The van der Waals surface area contributed by atoms with Crippen LogP contribution in [0.3, 0.4) is 0 Å². The van der Waals surface area contributed by atoms with Gasteiger partial charge in [0, 0.05) is 13.1 Å². The molecule has 0 saturated heterocycles. The van der Waals surface area contributed by atoms with Crippen molar-refractivity contribution in [2.45, 2.75) is 44.8 Å². The Morgan fingerprint density at radius 3 is 2.50 bits per heavy atom. The van der Waals surface area contributed by atoms with Crippen molar-refractivity contribution in [2.75, 3.05) is 6.54 Å². The molecule has 0 saturated carbocycles. The number of fused-ring (bicyclic) bond motifs is 1. The first kappa shape index (κ1) is 15.3. The molecule has 1 aliphatic carbocycles. The summed E-state index contributed by atoms with van der Waals surface area (Å²) in [4.78, 5) is 0. The molecule has 0 heterocycles. The van der Waals surface area contributed by atoms with E-state index in [9.17, 15) is 5.11 Å². The van der Waals surface area contributed by atoms with Crippen LogP contribution in [-0.2, 0) is 19.4 Å². The van der Waals surface area contributed by atoms with Gasteiger partial charge in [-0.05, 0) is 47.9 Å². The largest absolute Gasteiger partial charge is 0.387 e. The number of aryl methyl sites for hydroxylation is 2. The van der Waals surface area contributed by atoms with E-state index in [0.717, 1.165) is 18.5 Å². The quantitative estimate of drug-likeness (QED) is 0.823. The van der Waals surface area contributed by atoms with Crippen LogP contribution in [0.2, 0.25) is 0 Å². The van der Waals surface area contributed by atoms with E-state index in [1.807, 2.05) is 18.2 Å². The third-order valence-corrected chi connectivity index (χ3v) is 4.52. The number of benzene rings is 2. The van der Waals surface area contributed by atoms with Gasteiger partial charge in [-0.1, -0.05) is 55.0 Å². The van der Waals surface area contributed by atoms with Crippen molar-refractivity contribution in [3.05, 3.63) is 70.8 Å². The van der Waals surface area contributed by atoms with Crippen molar-refractivity contribution in [1.82, 2.24) is 5.32 Å². The second kappa shape index (κ2) is 7.57. The average molecular weight is 295 g/mol. The second-order valence-electron chi connectivity index (χ2n) is 6.22. The Morgan fingerprint density at radius 1 is 0.909 bits per heavy atom. The molecular weight excluding hydrogens is 270 g/mol. The summed E-state index contributed by atoms with van der Waals surface area (Å²) < 4.78 is 0. The maximum atomic E-state index is 10.4. The molecule has 0 spiro atoms. The molecule has 2 nitrogen and oxygen atoms in total. The van der Waals surface area contributed by atoms with Gasteiger partial charge in [-0.2, -0.15) is 0 Å². The van der Waals surface area contributed by atoms with Crippen LogP contribution in [0.4, 0.5) is 0 Å². The highest BCUT2D eigenvalue weighted by Crippen LogP contribution is 2.24. The van der Waals surface area contributed by atoms with Gasteiger partial charge < -0.3 is 10.4 Å². The van der Waals surface area contributed by atoms with Gasteiger partial charge in [-0.15, -0.1) is 0 Å². The molecule has 1 unspecified atom stereocenters. The van der Waals surface area contributed by atoms with Crippen LogP contribution in [0.25, 0.3) is 0 Å². The molecule has 0 fully saturated rings. The van der Waals surface area contributed by atoms with Crippen molar-refractivity contribution < 1.29 is 5.11 Å². The van der Waals surface area contributed by atoms with Crippen molar-refractivity contribution in [3.8, 4) is 0 Å². The normalized spacial score (nSPS) is 15.9. The number of nitrogens with one attached hydrogen (secondary N) is 1. The Balaban J connectivity index is 1.58. The molecule has 2 heteroatoms. The van der Waals surface area contributed by atoms with E-state index in [1.54, 1.807) is 0 Å². The highest BCUT2D eigenvalue weighted by atomic mass is 16.3. The lowest BCUT2D eigenvalue weighted by Crippen LogP contribution is -2.21. The summed E-state index contributed by atoms with van der Waals surface area (Å²) in [5, 5.41) is 13.8. The SMILES string of the molecule is OC(CNCc1ccccc1)c1ccc2c(c1)CCCCC2. The van der Waals surface area contributed by atoms with Crippen LogP contribution in [-0.4, -0.2) is 11.7 Å².